The van der Waals surface area contributed by atoms with Crippen LogP contribution in [0.2, 0.25) is 0 Å². The van der Waals surface area contributed by atoms with Gasteiger partial charge in [-0.25, -0.2) is 0 Å². The number of aromatic hydroxyl groups is 1. The molecule has 0 spiro atoms. The zero-order valence-corrected chi connectivity index (χ0v) is 6.02. The molecule has 0 aliphatic carbocycles. The van der Waals surface area contributed by atoms with Crippen LogP contribution in [0.1, 0.15) is 5.56 Å². The Morgan fingerprint density at radius 1 is 1.55 bits per heavy atom. The van der Waals surface area contributed by atoms with E-state index in [-0.39, 0.29) is 5.75 Å². The summed E-state index contributed by atoms with van der Waals surface area (Å²) in [5.41, 5.74) is 9.18. The number of phenolic OH excluding ortho intramolecular Hbond substituents is 1. The molecule has 1 aromatic carbocycles. The van der Waals surface area contributed by atoms with Crippen LogP contribution >= 0.6 is 0 Å². The maximum Gasteiger partial charge on any atom is 0.118 e. The Hall–Kier alpha value is -1.67. The van der Waals surface area contributed by atoms with Crippen molar-refractivity contribution < 1.29 is 5.11 Å². The fraction of sp³-hybridized carbons (Fsp3) is 0.143. The Morgan fingerprint density at radius 3 is 2.91 bits per heavy atom. The van der Waals surface area contributed by atoms with Crippen molar-refractivity contribution in [2.45, 2.75) is 6.92 Å². The van der Waals surface area contributed by atoms with E-state index in [9.17, 15) is 0 Å². The Balaban J connectivity index is 3.26. The predicted octanol–water partition coefficient (Wildman–Crippen LogP) is 2.64. The highest BCUT2D eigenvalue weighted by Crippen LogP contribution is 2.26. The molecule has 4 heteroatoms. The summed E-state index contributed by atoms with van der Waals surface area (Å²) in [4.78, 5) is 2.62. The standard InChI is InChI=1S/C7H7N3O/c1-5-6(9-10-8)3-2-4-7(5)11/h2-4,11H,1H3. The molecule has 1 aromatic rings. The first-order valence-electron chi connectivity index (χ1n) is 3.09. The van der Waals surface area contributed by atoms with E-state index in [1.54, 1.807) is 25.1 Å². The first-order valence-corrected chi connectivity index (χ1v) is 3.09. The highest BCUT2D eigenvalue weighted by atomic mass is 16.3. The van der Waals surface area contributed by atoms with Crippen molar-refractivity contribution in [3.05, 3.63) is 34.2 Å². The summed E-state index contributed by atoms with van der Waals surface area (Å²) in [6, 6.07) is 4.83. The minimum atomic E-state index is 0.148. The Labute approximate surface area is 63.7 Å². The van der Waals surface area contributed by atoms with E-state index in [1.807, 2.05) is 0 Å². The van der Waals surface area contributed by atoms with Crippen molar-refractivity contribution in [2.75, 3.05) is 0 Å². The Kier molecular flexibility index (Phi) is 1.99. The van der Waals surface area contributed by atoms with Crippen LogP contribution in [-0.4, -0.2) is 5.11 Å². The van der Waals surface area contributed by atoms with Gasteiger partial charge in [0, 0.05) is 16.2 Å². The molecule has 0 aliphatic heterocycles. The van der Waals surface area contributed by atoms with Crippen molar-refractivity contribution in [1.29, 1.82) is 0 Å². The summed E-state index contributed by atoms with van der Waals surface area (Å²) in [7, 11) is 0. The van der Waals surface area contributed by atoms with Crippen LogP contribution in [0.15, 0.2) is 23.3 Å². The van der Waals surface area contributed by atoms with Gasteiger partial charge in [0.15, 0.2) is 0 Å². The number of nitrogens with zero attached hydrogens (tertiary/aromatic N) is 3. The van der Waals surface area contributed by atoms with E-state index in [2.05, 4.69) is 10.0 Å². The van der Waals surface area contributed by atoms with Crippen molar-refractivity contribution in [3.8, 4) is 5.75 Å². The number of benzene rings is 1. The molecule has 0 saturated heterocycles. The normalized spacial score (nSPS) is 8.82. The molecule has 56 valence electrons. The van der Waals surface area contributed by atoms with Gasteiger partial charge in [0.2, 0.25) is 0 Å². The van der Waals surface area contributed by atoms with E-state index in [1.165, 1.54) is 0 Å². The van der Waals surface area contributed by atoms with Gasteiger partial charge in [-0.3, -0.25) is 0 Å². The second kappa shape index (κ2) is 2.94. The SMILES string of the molecule is Cc1c(O)cccc1N=[N+]=[N-]. The van der Waals surface area contributed by atoms with Crippen LogP contribution in [-0.2, 0) is 0 Å². The Bertz CT molecular complexity index is 315. The molecule has 0 unspecified atom stereocenters. The van der Waals surface area contributed by atoms with Gasteiger partial charge in [-0.1, -0.05) is 17.2 Å². The minimum Gasteiger partial charge on any atom is -0.508 e. The molecule has 0 atom stereocenters. The maximum absolute atomic E-state index is 9.14. The van der Waals surface area contributed by atoms with Crippen molar-refractivity contribution in [1.82, 2.24) is 0 Å². The molecule has 0 aromatic heterocycles. The first kappa shape index (κ1) is 7.44. The van der Waals surface area contributed by atoms with Gasteiger partial charge in [0.05, 0.1) is 0 Å². The van der Waals surface area contributed by atoms with Crippen LogP contribution in [0.4, 0.5) is 5.69 Å². The molecule has 0 radical (unpaired) electrons. The number of rotatable bonds is 1. The lowest BCUT2D eigenvalue weighted by molar-refractivity contribution is 0.471. The van der Waals surface area contributed by atoms with Gasteiger partial charge in [0.25, 0.3) is 0 Å². The second-order valence-electron chi connectivity index (χ2n) is 2.11. The third-order valence-electron chi connectivity index (χ3n) is 1.43. The topological polar surface area (TPSA) is 69.0 Å². The van der Waals surface area contributed by atoms with Gasteiger partial charge in [-0.2, -0.15) is 0 Å². The molecular weight excluding hydrogens is 142 g/mol. The zero-order chi connectivity index (χ0) is 8.27. The highest BCUT2D eigenvalue weighted by molar-refractivity contribution is 5.51. The molecule has 11 heavy (non-hydrogen) atoms. The quantitative estimate of drug-likeness (QED) is 0.372. The van der Waals surface area contributed by atoms with Crippen molar-refractivity contribution in [3.63, 3.8) is 0 Å². The number of azide groups is 1. The van der Waals surface area contributed by atoms with E-state index < -0.39 is 0 Å². The van der Waals surface area contributed by atoms with Gasteiger partial charge in [-0.15, -0.1) is 0 Å². The summed E-state index contributed by atoms with van der Waals surface area (Å²) >= 11 is 0. The molecule has 0 heterocycles. The summed E-state index contributed by atoms with van der Waals surface area (Å²) < 4.78 is 0. The lowest BCUT2D eigenvalue weighted by Gasteiger charge is -1.99. The average molecular weight is 149 g/mol. The van der Waals surface area contributed by atoms with Gasteiger partial charge in [0.1, 0.15) is 5.75 Å². The van der Waals surface area contributed by atoms with Crippen LogP contribution < -0.4 is 0 Å². The predicted molar refractivity (Wildman–Crippen MR) is 41.6 cm³/mol. The molecule has 4 nitrogen and oxygen atoms in total. The lowest BCUT2D eigenvalue weighted by atomic mass is 10.2. The number of hydrogen-bond acceptors (Lipinski definition) is 2. The van der Waals surface area contributed by atoms with Gasteiger partial charge < -0.3 is 5.11 Å². The highest BCUT2D eigenvalue weighted by Gasteiger charge is 1.98. The van der Waals surface area contributed by atoms with Gasteiger partial charge >= 0.3 is 0 Å². The fourth-order valence-corrected chi connectivity index (χ4v) is 0.768. The van der Waals surface area contributed by atoms with E-state index in [4.69, 9.17) is 10.6 Å². The molecule has 0 bridgehead atoms. The maximum atomic E-state index is 9.14. The number of phenols is 1. The van der Waals surface area contributed by atoms with Gasteiger partial charge in [-0.05, 0) is 18.5 Å². The molecule has 0 aliphatic rings. The van der Waals surface area contributed by atoms with Crippen LogP contribution in [0.3, 0.4) is 0 Å². The smallest absolute Gasteiger partial charge is 0.118 e. The van der Waals surface area contributed by atoms with Crippen molar-refractivity contribution >= 4 is 5.69 Å². The monoisotopic (exact) mass is 149 g/mol. The summed E-state index contributed by atoms with van der Waals surface area (Å²) in [6.07, 6.45) is 0. The zero-order valence-electron chi connectivity index (χ0n) is 6.02. The lowest BCUT2D eigenvalue weighted by Crippen LogP contribution is -1.73. The van der Waals surface area contributed by atoms with Crippen LogP contribution in [0.25, 0.3) is 10.4 Å². The number of hydrogen-bond donors (Lipinski definition) is 1. The molecule has 0 fully saturated rings. The Morgan fingerprint density at radius 2 is 2.27 bits per heavy atom. The largest absolute Gasteiger partial charge is 0.508 e. The summed E-state index contributed by atoms with van der Waals surface area (Å²) in [5.74, 6) is 0.148. The second-order valence-corrected chi connectivity index (χ2v) is 2.11. The van der Waals surface area contributed by atoms with E-state index >= 15 is 0 Å². The first-order chi connectivity index (χ1) is 5.25. The molecule has 1 N–H and O–H groups in total. The fourth-order valence-electron chi connectivity index (χ4n) is 0.768. The molecule has 0 amide bonds. The summed E-state index contributed by atoms with van der Waals surface area (Å²) in [5, 5.41) is 12.5. The molecule has 1 rings (SSSR count). The molecule has 0 saturated carbocycles. The third kappa shape index (κ3) is 1.42. The van der Waals surface area contributed by atoms with E-state index in [0.717, 1.165) is 0 Å². The summed E-state index contributed by atoms with van der Waals surface area (Å²) in [6.45, 7) is 1.69. The van der Waals surface area contributed by atoms with Crippen LogP contribution in [0, 0.1) is 6.92 Å². The van der Waals surface area contributed by atoms with Crippen LogP contribution in [0.5, 0.6) is 5.75 Å². The van der Waals surface area contributed by atoms with E-state index in [0.29, 0.717) is 11.3 Å². The third-order valence-corrected chi connectivity index (χ3v) is 1.43. The van der Waals surface area contributed by atoms with Crippen molar-refractivity contribution in [2.24, 2.45) is 5.11 Å². The molecular formula is C7H7N3O. The average Bonchev–Trinajstić information content (AvgIpc) is 1.99. The minimum absolute atomic E-state index is 0.148.